The fourth-order valence-corrected chi connectivity index (χ4v) is 8.54. The minimum atomic E-state index is -3.90. The monoisotopic (exact) mass is 734 g/mol. The number of ether oxygens (including phenoxy) is 1. The van der Waals surface area contributed by atoms with Crippen LogP contribution in [0.2, 0.25) is 0 Å². The summed E-state index contributed by atoms with van der Waals surface area (Å²) < 4.78 is 33.5. The lowest BCUT2D eigenvalue weighted by molar-refractivity contribution is -0.146. The third kappa shape index (κ3) is 8.03. The molecule has 0 bridgehead atoms. The van der Waals surface area contributed by atoms with E-state index in [1.165, 1.54) is 9.80 Å². The molecule has 3 saturated carbocycles. The van der Waals surface area contributed by atoms with Gasteiger partial charge in [-0.3, -0.25) is 19.1 Å². The van der Waals surface area contributed by atoms with Gasteiger partial charge < -0.3 is 30.5 Å². The molecule has 6 amide bonds. The summed E-state index contributed by atoms with van der Waals surface area (Å²) in [5, 5.41) is 9.82. The quantitative estimate of drug-likeness (QED) is 0.313. The van der Waals surface area contributed by atoms with Crippen LogP contribution in [-0.4, -0.2) is 96.6 Å². The third-order valence-electron chi connectivity index (χ3n) is 10.7. The van der Waals surface area contributed by atoms with Crippen molar-refractivity contribution in [3.63, 3.8) is 0 Å². The van der Waals surface area contributed by atoms with E-state index in [4.69, 9.17) is 4.74 Å². The molecule has 7 rings (SSSR count). The van der Waals surface area contributed by atoms with Crippen molar-refractivity contribution < 1.29 is 37.1 Å². The van der Waals surface area contributed by atoms with Crippen LogP contribution >= 0.6 is 0 Å². The van der Waals surface area contributed by atoms with Gasteiger partial charge in [0.15, 0.2) is 0 Å². The van der Waals surface area contributed by atoms with Crippen LogP contribution in [0.15, 0.2) is 54.6 Å². The Balaban J connectivity index is 1.13. The standard InChI is InChI=1S/C37H46N6O8S/c44-32-31-22-42(36(48)51-23-25-11-8-10-24-9-6-7-13-29(24)25)19-20-43(31)33(45)30(39-35(47)38-27-15-16-27)14-5-3-1-2-4-12-26-21-37(26,40-32)34(46)41-52(49,50)28-17-18-28/h4,6-13,26-28,30-31H,1-3,5,14-23H2,(H,40,44)(H,41,46)(H2,38,39,47)/b12-4+/t26?,30-,31-,37-/m0/s1. The van der Waals surface area contributed by atoms with Crippen molar-refractivity contribution in [2.45, 2.75) is 99.7 Å². The number of allylic oxidation sites excluding steroid dienone is 1. The maximum absolute atomic E-state index is 14.3. The molecule has 278 valence electrons. The number of sulfonamides is 1. The molecule has 2 aromatic rings. The summed E-state index contributed by atoms with van der Waals surface area (Å²) in [6.07, 6.45) is 9.27. The summed E-state index contributed by atoms with van der Waals surface area (Å²) in [6.45, 7) is -0.195. The van der Waals surface area contributed by atoms with E-state index in [0.717, 1.165) is 42.0 Å². The molecule has 0 radical (unpaired) electrons. The van der Waals surface area contributed by atoms with Gasteiger partial charge in [-0.2, -0.15) is 0 Å². The van der Waals surface area contributed by atoms with Crippen molar-refractivity contribution in [3.05, 3.63) is 60.2 Å². The summed E-state index contributed by atoms with van der Waals surface area (Å²) >= 11 is 0. The van der Waals surface area contributed by atoms with Crippen LogP contribution in [0.1, 0.15) is 69.8 Å². The Bertz CT molecular complexity index is 1870. The number of rotatable bonds is 7. The normalized spacial score (nSPS) is 27.5. The van der Waals surface area contributed by atoms with E-state index in [2.05, 4.69) is 20.7 Å². The van der Waals surface area contributed by atoms with Crippen LogP contribution in [0, 0.1) is 5.92 Å². The van der Waals surface area contributed by atoms with Gasteiger partial charge in [0.25, 0.3) is 5.91 Å². The molecule has 4 atom stereocenters. The van der Waals surface area contributed by atoms with Crippen molar-refractivity contribution in [2.75, 3.05) is 19.6 Å². The van der Waals surface area contributed by atoms with Gasteiger partial charge in [0, 0.05) is 25.0 Å². The van der Waals surface area contributed by atoms with Crippen molar-refractivity contribution in [1.82, 2.24) is 30.5 Å². The number of hydrogen-bond acceptors (Lipinski definition) is 8. The van der Waals surface area contributed by atoms with Gasteiger partial charge in [-0.05, 0) is 67.7 Å². The summed E-state index contributed by atoms with van der Waals surface area (Å²) in [5.74, 6) is -2.44. The Labute approximate surface area is 303 Å². The van der Waals surface area contributed by atoms with Crippen LogP contribution in [0.25, 0.3) is 10.8 Å². The highest BCUT2D eigenvalue weighted by atomic mass is 32.2. The third-order valence-corrected chi connectivity index (χ3v) is 12.5. The van der Waals surface area contributed by atoms with Crippen molar-refractivity contribution in [3.8, 4) is 0 Å². The molecule has 52 heavy (non-hydrogen) atoms. The van der Waals surface area contributed by atoms with Gasteiger partial charge in [-0.25, -0.2) is 18.0 Å². The average molecular weight is 735 g/mol. The Kier molecular flexibility index (Phi) is 10.1. The fourth-order valence-electron chi connectivity index (χ4n) is 7.17. The van der Waals surface area contributed by atoms with Crippen LogP contribution in [0.5, 0.6) is 0 Å². The van der Waals surface area contributed by atoms with E-state index in [9.17, 15) is 32.4 Å². The lowest BCUT2D eigenvalue weighted by atomic mass is 10.0. The van der Waals surface area contributed by atoms with E-state index in [-0.39, 0.29) is 38.7 Å². The number of urea groups is 1. The van der Waals surface area contributed by atoms with E-state index < -0.39 is 68.7 Å². The number of benzene rings is 2. The molecule has 0 spiro atoms. The molecule has 0 aromatic heterocycles. The van der Waals surface area contributed by atoms with Crippen molar-refractivity contribution in [1.29, 1.82) is 0 Å². The van der Waals surface area contributed by atoms with Gasteiger partial charge in [0.2, 0.25) is 21.8 Å². The fraction of sp³-hybridized carbons (Fsp3) is 0.541. The van der Waals surface area contributed by atoms with E-state index in [1.807, 2.05) is 54.6 Å². The van der Waals surface area contributed by atoms with Gasteiger partial charge in [-0.15, -0.1) is 0 Å². The van der Waals surface area contributed by atoms with E-state index in [0.29, 0.717) is 32.1 Å². The summed E-state index contributed by atoms with van der Waals surface area (Å²) in [5.41, 5.74) is -0.726. The second-order valence-electron chi connectivity index (χ2n) is 14.6. The first-order valence-electron chi connectivity index (χ1n) is 18.3. The van der Waals surface area contributed by atoms with Gasteiger partial charge >= 0.3 is 12.1 Å². The number of nitrogens with zero attached hydrogens (tertiary/aromatic N) is 2. The Morgan fingerprint density at radius 2 is 1.71 bits per heavy atom. The van der Waals surface area contributed by atoms with Crippen molar-refractivity contribution >= 4 is 50.6 Å². The minimum Gasteiger partial charge on any atom is -0.445 e. The molecular formula is C37H46N6O8S. The second-order valence-corrected chi connectivity index (χ2v) is 16.6. The predicted molar refractivity (Wildman–Crippen MR) is 191 cm³/mol. The maximum atomic E-state index is 14.3. The zero-order valence-electron chi connectivity index (χ0n) is 29.1. The maximum Gasteiger partial charge on any atom is 0.410 e. The molecule has 14 nitrogen and oxygen atoms in total. The average Bonchev–Trinajstić information content (AvgIpc) is 3.99. The molecule has 1 unspecified atom stereocenters. The van der Waals surface area contributed by atoms with Crippen molar-refractivity contribution in [2.24, 2.45) is 5.92 Å². The summed E-state index contributed by atoms with van der Waals surface area (Å²) in [7, 11) is -3.90. The lowest BCUT2D eigenvalue weighted by Crippen LogP contribution is -2.66. The summed E-state index contributed by atoms with van der Waals surface area (Å²) in [6, 6.07) is 10.9. The summed E-state index contributed by atoms with van der Waals surface area (Å²) in [4.78, 5) is 71.4. The molecular weight excluding hydrogens is 689 g/mol. The highest BCUT2D eigenvalue weighted by molar-refractivity contribution is 7.91. The molecule has 2 aliphatic heterocycles. The van der Waals surface area contributed by atoms with Crippen LogP contribution in [0.4, 0.5) is 9.59 Å². The predicted octanol–water partition coefficient (Wildman–Crippen LogP) is 2.82. The molecule has 4 N–H and O–H groups in total. The van der Waals surface area contributed by atoms with Gasteiger partial charge in [0.1, 0.15) is 24.2 Å². The van der Waals surface area contributed by atoms with Gasteiger partial charge in [-0.1, -0.05) is 67.5 Å². The molecule has 15 heteroatoms. The zero-order valence-corrected chi connectivity index (χ0v) is 29.9. The number of fused-ring (bicyclic) bond motifs is 3. The SMILES string of the molecule is O=C(NC1CC1)N[C@H]1CCCCC/C=C/C2C[C@]2(C(=O)NS(=O)(=O)C2CC2)NC(=O)[C@@H]2CN(C(=O)OCc3cccc4ccccc34)CCN2C1=O. The molecule has 2 aromatic carbocycles. The lowest BCUT2D eigenvalue weighted by Gasteiger charge is -2.41. The number of piperazine rings is 1. The highest BCUT2D eigenvalue weighted by Crippen LogP contribution is 2.46. The van der Waals surface area contributed by atoms with E-state index in [1.54, 1.807) is 0 Å². The molecule has 2 heterocycles. The Morgan fingerprint density at radius 3 is 2.50 bits per heavy atom. The topological polar surface area (TPSA) is 183 Å². The Hall–Kier alpha value is -4.66. The number of carbonyl (C=O) groups is 5. The number of carbonyl (C=O) groups excluding carboxylic acids is 5. The highest BCUT2D eigenvalue weighted by Gasteiger charge is 2.62. The Morgan fingerprint density at radius 1 is 0.923 bits per heavy atom. The molecule has 1 saturated heterocycles. The first-order valence-corrected chi connectivity index (χ1v) is 19.9. The zero-order chi connectivity index (χ0) is 36.5. The van der Waals surface area contributed by atoms with Crippen LogP contribution in [-0.2, 0) is 35.8 Å². The molecule has 3 aliphatic carbocycles. The van der Waals surface area contributed by atoms with E-state index >= 15 is 0 Å². The first kappa shape index (κ1) is 35.7. The smallest absolute Gasteiger partial charge is 0.410 e. The molecule has 5 aliphatic rings. The molecule has 4 fully saturated rings. The van der Waals surface area contributed by atoms with Gasteiger partial charge in [0.05, 0.1) is 11.8 Å². The largest absolute Gasteiger partial charge is 0.445 e. The number of amides is 6. The number of hydrogen-bond donors (Lipinski definition) is 4. The van der Waals surface area contributed by atoms with Crippen LogP contribution < -0.4 is 20.7 Å². The first-order chi connectivity index (χ1) is 25.0. The van der Waals surface area contributed by atoms with Crippen LogP contribution in [0.3, 0.4) is 0 Å². The minimum absolute atomic E-state index is 0.00887. The number of nitrogens with one attached hydrogen (secondary N) is 4. The second kappa shape index (κ2) is 14.8.